The maximum atomic E-state index is 12.7. The number of nitrogens with two attached hydrogens (primary N) is 1. The van der Waals surface area contributed by atoms with Gasteiger partial charge >= 0.3 is 13.1 Å². The summed E-state index contributed by atoms with van der Waals surface area (Å²) in [6.45, 7) is 5.42. The molecule has 0 aliphatic heterocycles. The lowest BCUT2D eigenvalue weighted by atomic mass is 9.75. The molecule has 0 radical (unpaired) electrons. The van der Waals surface area contributed by atoms with Gasteiger partial charge in [0.05, 0.1) is 12.5 Å². The highest BCUT2D eigenvalue weighted by Crippen LogP contribution is 2.07. The van der Waals surface area contributed by atoms with Gasteiger partial charge in [-0.05, 0) is 32.1 Å². The highest BCUT2D eigenvalue weighted by atomic mass is 16.7. The molecule has 15 heteroatoms. The molecule has 0 spiro atoms. The Hall–Kier alpha value is -3.20. The number of ether oxygens (including phenoxy) is 1. The summed E-state index contributed by atoms with van der Waals surface area (Å²) in [6, 6.07) is -1.11. The first-order valence-corrected chi connectivity index (χ1v) is 9.99. The number of carbonyl (C=O) groups excluding carboxylic acids is 3. The molecular formula is C17H31BN6O8. The van der Waals surface area contributed by atoms with Gasteiger partial charge in [0.1, 0.15) is 6.04 Å². The highest BCUT2D eigenvalue weighted by molar-refractivity contribution is 6.43. The number of nitro groups is 1. The molecule has 0 fully saturated rings. The molecule has 0 bridgehead atoms. The molecule has 2 amide bonds. The van der Waals surface area contributed by atoms with E-state index in [0.717, 1.165) is 12.2 Å². The molecule has 32 heavy (non-hydrogen) atoms. The van der Waals surface area contributed by atoms with Crippen LogP contribution in [0.1, 0.15) is 40.0 Å². The van der Waals surface area contributed by atoms with Crippen LogP contribution in [0.15, 0.2) is 17.1 Å². The second-order valence-electron chi connectivity index (χ2n) is 7.08. The number of amides is 2. The summed E-state index contributed by atoms with van der Waals surface area (Å²) in [4.78, 5) is 50.1. The molecule has 0 aliphatic rings. The van der Waals surface area contributed by atoms with Gasteiger partial charge in [-0.25, -0.2) is 19.9 Å². The summed E-state index contributed by atoms with van der Waals surface area (Å²) < 4.78 is 4.67. The quantitative estimate of drug-likeness (QED) is 0.0246. The molecule has 180 valence electrons. The lowest BCUT2D eigenvalue weighted by Gasteiger charge is -2.23. The van der Waals surface area contributed by atoms with Gasteiger partial charge in [-0.2, -0.15) is 0 Å². The van der Waals surface area contributed by atoms with Crippen LogP contribution in [0.25, 0.3) is 0 Å². The number of aliphatic imine (C=N–C) groups is 1. The number of nitrogens with zero attached hydrogens (tertiary/aromatic N) is 2. The van der Waals surface area contributed by atoms with E-state index in [9.17, 15) is 34.5 Å². The predicted octanol–water partition coefficient (Wildman–Crippen LogP) is -1.99. The fourth-order valence-corrected chi connectivity index (χ4v) is 2.49. The van der Waals surface area contributed by atoms with Crippen molar-refractivity contribution in [3.8, 4) is 0 Å². The Morgan fingerprint density at radius 3 is 2.44 bits per heavy atom. The Balaban J connectivity index is 5.18. The second-order valence-corrected chi connectivity index (χ2v) is 7.08. The van der Waals surface area contributed by atoms with Crippen LogP contribution in [-0.4, -0.2) is 71.1 Å². The zero-order valence-electron chi connectivity index (χ0n) is 18.3. The largest absolute Gasteiger partial charge is 0.475 e. The summed E-state index contributed by atoms with van der Waals surface area (Å²) in [6.07, 6.45) is 2.34. The molecular weight excluding hydrogens is 427 g/mol. The third-order valence-electron chi connectivity index (χ3n) is 3.84. The van der Waals surface area contributed by atoms with Crippen LogP contribution in [-0.2, 0) is 19.1 Å². The van der Waals surface area contributed by atoms with Crippen LogP contribution < -0.4 is 21.8 Å². The number of carbonyl (C=O) groups is 3. The van der Waals surface area contributed by atoms with Gasteiger partial charge in [-0.1, -0.05) is 19.3 Å². The normalized spacial score (nSPS) is 13.4. The number of hydrogen-bond donors (Lipinski definition) is 6. The van der Waals surface area contributed by atoms with Crippen molar-refractivity contribution < 1.29 is 34.2 Å². The van der Waals surface area contributed by atoms with E-state index in [0.29, 0.717) is 0 Å². The predicted molar refractivity (Wildman–Crippen MR) is 115 cm³/mol. The Labute approximate surface area is 185 Å². The third kappa shape index (κ3) is 13.9. The van der Waals surface area contributed by atoms with E-state index in [2.05, 4.69) is 20.4 Å². The average molecular weight is 458 g/mol. The van der Waals surface area contributed by atoms with Gasteiger partial charge in [-0.15, -0.1) is 0 Å². The molecule has 14 nitrogen and oxygen atoms in total. The van der Waals surface area contributed by atoms with E-state index < -0.39 is 47.9 Å². The molecule has 0 rings (SSSR count). The first kappa shape index (κ1) is 28.8. The number of rotatable bonds is 14. The fraction of sp³-hybridized carbons (Fsp3) is 0.647. The molecule has 0 aromatic rings. The van der Waals surface area contributed by atoms with Crippen LogP contribution in [0, 0.1) is 16.0 Å². The molecule has 0 saturated heterocycles. The van der Waals surface area contributed by atoms with E-state index >= 15 is 0 Å². The topological polar surface area (TPSA) is 219 Å². The Morgan fingerprint density at radius 2 is 1.91 bits per heavy atom. The molecule has 0 aromatic carbocycles. The Morgan fingerprint density at radius 1 is 1.25 bits per heavy atom. The van der Waals surface area contributed by atoms with Gasteiger partial charge in [0, 0.05) is 18.7 Å². The number of hydrogen-bond acceptors (Lipinski definition) is 9. The smallest absolute Gasteiger partial charge is 0.463 e. The molecule has 7 N–H and O–H groups in total. The molecule has 0 unspecified atom stereocenters. The molecule has 0 saturated carbocycles. The molecule has 0 heterocycles. The van der Waals surface area contributed by atoms with Crippen molar-refractivity contribution in [1.82, 2.24) is 16.1 Å². The fourth-order valence-electron chi connectivity index (χ4n) is 2.49. The van der Waals surface area contributed by atoms with Crippen molar-refractivity contribution in [2.45, 2.75) is 52.0 Å². The SMILES string of the molecule is CCOC(=O)/C=C/C(=O)N[C@@H](CCCN=C(N)N[N+](=O)[O-])C(=O)N[C@@H](CC(C)C)B(O)O. The minimum atomic E-state index is -1.81. The monoisotopic (exact) mass is 458 g/mol. The summed E-state index contributed by atoms with van der Waals surface area (Å²) in [7, 11) is -1.81. The number of hydrazine groups is 1. The summed E-state index contributed by atoms with van der Waals surface area (Å²) in [5, 5.41) is 33.4. The maximum Gasteiger partial charge on any atom is 0.475 e. The van der Waals surface area contributed by atoms with Crippen molar-refractivity contribution >= 4 is 30.9 Å². The van der Waals surface area contributed by atoms with E-state index in [4.69, 9.17) is 5.73 Å². The van der Waals surface area contributed by atoms with Crippen LogP contribution in [0.2, 0.25) is 0 Å². The first-order valence-electron chi connectivity index (χ1n) is 9.99. The van der Waals surface area contributed by atoms with E-state index in [1.807, 2.05) is 13.8 Å². The van der Waals surface area contributed by atoms with E-state index in [1.165, 1.54) is 0 Å². The van der Waals surface area contributed by atoms with Crippen molar-refractivity contribution in [2.24, 2.45) is 16.6 Å². The lowest BCUT2D eigenvalue weighted by Crippen LogP contribution is -2.54. The molecule has 0 aromatic heterocycles. The number of esters is 1. The van der Waals surface area contributed by atoms with Crippen molar-refractivity contribution in [1.29, 1.82) is 0 Å². The minimum absolute atomic E-state index is 0.0169. The zero-order chi connectivity index (χ0) is 24.7. The van der Waals surface area contributed by atoms with E-state index in [1.54, 1.807) is 12.3 Å². The van der Waals surface area contributed by atoms with Crippen LogP contribution >= 0.6 is 0 Å². The maximum absolute atomic E-state index is 12.7. The van der Waals surface area contributed by atoms with Crippen LogP contribution in [0.4, 0.5) is 0 Å². The van der Waals surface area contributed by atoms with Crippen molar-refractivity contribution in [2.75, 3.05) is 13.2 Å². The summed E-state index contributed by atoms with van der Waals surface area (Å²) in [5.41, 5.74) is 6.98. The van der Waals surface area contributed by atoms with Gasteiger partial charge in [0.15, 0.2) is 5.03 Å². The summed E-state index contributed by atoms with van der Waals surface area (Å²) >= 11 is 0. The minimum Gasteiger partial charge on any atom is -0.463 e. The second kappa shape index (κ2) is 15.6. The van der Waals surface area contributed by atoms with Crippen LogP contribution in [0.3, 0.4) is 0 Å². The van der Waals surface area contributed by atoms with Crippen molar-refractivity contribution in [3.05, 3.63) is 22.3 Å². The van der Waals surface area contributed by atoms with Crippen molar-refractivity contribution in [3.63, 3.8) is 0 Å². The Kier molecular flexibility index (Phi) is 14.0. The lowest BCUT2D eigenvalue weighted by molar-refractivity contribution is -0.525. The number of guanidine groups is 1. The number of nitrogens with one attached hydrogen (secondary N) is 3. The van der Waals surface area contributed by atoms with Gasteiger partial charge in [0.25, 0.3) is 5.96 Å². The first-order chi connectivity index (χ1) is 15.0. The standard InChI is InChI=1S/C17H31BN6O8/c1-4-32-15(26)8-7-14(25)21-12(6-5-9-20-17(19)23-24(30)31)16(27)22-13(18(28)29)10-11(2)3/h7-8,11-13,28-29H,4-6,9-10H2,1-3H3,(H,21,25)(H,22,27)(H3,19,20,23)/b8-7+/t12-,13-/m0/s1. The van der Waals surface area contributed by atoms with E-state index in [-0.39, 0.29) is 38.3 Å². The van der Waals surface area contributed by atoms with Gasteiger partial charge < -0.3 is 31.2 Å². The van der Waals surface area contributed by atoms with Gasteiger partial charge in [-0.3, -0.25) is 9.59 Å². The van der Waals surface area contributed by atoms with Gasteiger partial charge in [0.2, 0.25) is 11.8 Å². The highest BCUT2D eigenvalue weighted by Gasteiger charge is 2.29. The zero-order valence-corrected chi connectivity index (χ0v) is 18.3. The summed E-state index contributed by atoms with van der Waals surface area (Å²) in [5.74, 6) is -3.49. The Bertz CT molecular complexity index is 701. The average Bonchev–Trinajstić information content (AvgIpc) is 2.67. The molecule has 0 aliphatic carbocycles. The van der Waals surface area contributed by atoms with Crippen LogP contribution in [0.5, 0.6) is 0 Å². The molecule has 2 atom stereocenters. The third-order valence-corrected chi connectivity index (χ3v) is 3.84.